The second-order valence-electron chi connectivity index (χ2n) is 4.44. The first-order chi connectivity index (χ1) is 9.20. The Hall–Kier alpha value is -2.04. The molecule has 0 unspecified atom stereocenters. The van der Waals surface area contributed by atoms with Crippen molar-refractivity contribution >= 4 is 16.9 Å². The average molecular weight is 263 g/mol. The Morgan fingerprint density at radius 2 is 2.11 bits per heavy atom. The number of hydrogen-bond acceptors (Lipinski definition) is 1. The van der Waals surface area contributed by atoms with Gasteiger partial charge in [-0.05, 0) is 36.6 Å². The first kappa shape index (κ1) is 13.4. The molecule has 0 saturated heterocycles. The molecule has 5 heteroatoms. The topological polar surface area (TPSA) is 56.9 Å². The van der Waals surface area contributed by atoms with Gasteiger partial charge < -0.3 is 15.6 Å². The van der Waals surface area contributed by atoms with E-state index < -0.39 is 0 Å². The maximum absolute atomic E-state index is 13.2. The summed E-state index contributed by atoms with van der Waals surface area (Å²) in [5, 5.41) is 6.39. The largest absolute Gasteiger partial charge is 0.361 e. The molecule has 1 aromatic heterocycles. The number of H-pyrrole nitrogens is 1. The van der Waals surface area contributed by atoms with Gasteiger partial charge in [0.05, 0.1) is 0 Å². The van der Waals surface area contributed by atoms with Crippen molar-refractivity contribution in [1.82, 2.24) is 15.6 Å². The SMILES string of the molecule is CCCNC(=O)NCCc1c[nH]c2ccc(F)cc12. The quantitative estimate of drug-likeness (QED) is 0.763. The highest BCUT2D eigenvalue weighted by molar-refractivity contribution is 5.83. The van der Waals surface area contributed by atoms with Crippen molar-refractivity contribution in [3.63, 3.8) is 0 Å². The Morgan fingerprint density at radius 1 is 1.32 bits per heavy atom. The maximum atomic E-state index is 13.2. The molecule has 2 rings (SSSR count). The van der Waals surface area contributed by atoms with Crippen LogP contribution in [0.15, 0.2) is 24.4 Å². The fourth-order valence-electron chi connectivity index (χ4n) is 1.97. The summed E-state index contributed by atoms with van der Waals surface area (Å²) in [5.74, 6) is -0.248. The smallest absolute Gasteiger partial charge is 0.314 e. The molecule has 4 nitrogen and oxygen atoms in total. The minimum atomic E-state index is -0.248. The van der Waals surface area contributed by atoms with Gasteiger partial charge in [0.2, 0.25) is 0 Å². The molecule has 0 saturated carbocycles. The molecule has 0 spiro atoms. The minimum Gasteiger partial charge on any atom is -0.361 e. The Balaban J connectivity index is 1.91. The van der Waals surface area contributed by atoms with Gasteiger partial charge in [0.25, 0.3) is 0 Å². The van der Waals surface area contributed by atoms with Crippen LogP contribution < -0.4 is 10.6 Å². The van der Waals surface area contributed by atoms with Crippen LogP contribution in [-0.2, 0) is 6.42 Å². The van der Waals surface area contributed by atoms with Gasteiger partial charge in [0.15, 0.2) is 0 Å². The van der Waals surface area contributed by atoms with Crippen LogP contribution in [0.2, 0.25) is 0 Å². The van der Waals surface area contributed by atoms with Crippen molar-refractivity contribution < 1.29 is 9.18 Å². The number of benzene rings is 1. The number of urea groups is 1. The molecule has 0 aliphatic heterocycles. The maximum Gasteiger partial charge on any atom is 0.314 e. The fourth-order valence-corrected chi connectivity index (χ4v) is 1.97. The molecule has 0 bridgehead atoms. The number of amides is 2. The number of aromatic amines is 1. The molecular weight excluding hydrogens is 245 g/mol. The van der Waals surface area contributed by atoms with Crippen LogP contribution in [0.4, 0.5) is 9.18 Å². The summed E-state index contributed by atoms with van der Waals surface area (Å²) in [6.45, 7) is 3.20. The van der Waals surface area contributed by atoms with Crippen LogP contribution in [0.3, 0.4) is 0 Å². The van der Waals surface area contributed by atoms with Crippen LogP contribution in [-0.4, -0.2) is 24.1 Å². The lowest BCUT2D eigenvalue weighted by Crippen LogP contribution is -2.36. The highest BCUT2D eigenvalue weighted by atomic mass is 19.1. The normalized spacial score (nSPS) is 10.6. The highest BCUT2D eigenvalue weighted by Crippen LogP contribution is 2.19. The summed E-state index contributed by atoms with van der Waals surface area (Å²) >= 11 is 0. The van der Waals surface area contributed by atoms with E-state index in [2.05, 4.69) is 15.6 Å². The van der Waals surface area contributed by atoms with E-state index in [9.17, 15) is 9.18 Å². The lowest BCUT2D eigenvalue weighted by Gasteiger charge is -2.06. The number of nitrogens with one attached hydrogen (secondary N) is 3. The molecule has 2 amide bonds. The van der Waals surface area contributed by atoms with E-state index in [1.807, 2.05) is 13.1 Å². The van der Waals surface area contributed by atoms with E-state index in [0.717, 1.165) is 22.9 Å². The van der Waals surface area contributed by atoms with Crippen LogP contribution in [0.1, 0.15) is 18.9 Å². The molecule has 1 aromatic carbocycles. The number of fused-ring (bicyclic) bond motifs is 1. The predicted octanol–water partition coefficient (Wildman–Crippen LogP) is 2.56. The minimum absolute atomic E-state index is 0.159. The summed E-state index contributed by atoms with van der Waals surface area (Å²) in [6.07, 6.45) is 3.44. The number of carbonyl (C=O) groups is 1. The van der Waals surface area contributed by atoms with Crippen LogP contribution in [0.25, 0.3) is 10.9 Å². The summed E-state index contributed by atoms with van der Waals surface area (Å²) in [6, 6.07) is 4.50. The molecule has 0 aliphatic carbocycles. The zero-order valence-electron chi connectivity index (χ0n) is 10.9. The molecular formula is C14H18FN3O. The zero-order valence-corrected chi connectivity index (χ0v) is 10.9. The first-order valence-corrected chi connectivity index (χ1v) is 6.48. The number of rotatable bonds is 5. The van der Waals surface area contributed by atoms with Crippen LogP contribution >= 0.6 is 0 Å². The Kier molecular flexibility index (Phi) is 4.39. The Morgan fingerprint density at radius 3 is 2.89 bits per heavy atom. The third-order valence-corrected chi connectivity index (χ3v) is 2.94. The van der Waals surface area contributed by atoms with E-state index in [1.165, 1.54) is 12.1 Å². The number of carbonyl (C=O) groups excluding carboxylic acids is 1. The third-order valence-electron chi connectivity index (χ3n) is 2.94. The molecule has 1 heterocycles. The lowest BCUT2D eigenvalue weighted by atomic mass is 10.1. The molecule has 19 heavy (non-hydrogen) atoms. The van der Waals surface area contributed by atoms with Crippen molar-refractivity contribution in [2.24, 2.45) is 0 Å². The second-order valence-corrected chi connectivity index (χ2v) is 4.44. The summed E-state index contributed by atoms with van der Waals surface area (Å²) < 4.78 is 13.2. The van der Waals surface area contributed by atoms with Crippen LogP contribution in [0.5, 0.6) is 0 Å². The van der Waals surface area contributed by atoms with Crippen molar-refractivity contribution in [2.45, 2.75) is 19.8 Å². The van der Waals surface area contributed by atoms with E-state index in [4.69, 9.17) is 0 Å². The molecule has 0 radical (unpaired) electrons. The first-order valence-electron chi connectivity index (χ1n) is 6.48. The van der Waals surface area contributed by atoms with Gasteiger partial charge >= 0.3 is 6.03 Å². The number of hydrogen-bond donors (Lipinski definition) is 3. The highest BCUT2D eigenvalue weighted by Gasteiger charge is 2.05. The zero-order chi connectivity index (χ0) is 13.7. The van der Waals surface area contributed by atoms with Crippen molar-refractivity contribution in [2.75, 3.05) is 13.1 Å². The van der Waals surface area contributed by atoms with Crippen molar-refractivity contribution in [3.8, 4) is 0 Å². The number of halogens is 1. The van der Waals surface area contributed by atoms with E-state index in [0.29, 0.717) is 19.5 Å². The van der Waals surface area contributed by atoms with Gasteiger partial charge in [0.1, 0.15) is 5.82 Å². The van der Waals surface area contributed by atoms with E-state index in [1.54, 1.807) is 6.07 Å². The molecule has 0 fully saturated rings. The van der Waals surface area contributed by atoms with E-state index in [-0.39, 0.29) is 11.8 Å². The van der Waals surface area contributed by atoms with Gasteiger partial charge in [-0.3, -0.25) is 0 Å². The summed E-state index contributed by atoms with van der Waals surface area (Å²) in [4.78, 5) is 14.5. The Bertz CT molecular complexity index is 565. The molecule has 0 atom stereocenters. The monoisotopic (exact) mass is 263 g/mol. The number of aromatic nitrogens is 1. The molecule has 102 valence electrons. The van der Waals surface area contributed by atoms with Crippen molar-refractivity contribution in [3.05, 3.63) is 35.8 Å². The van der Waals surface area contributed by atoms with Gasteiger partial charge in [-0.2, -0.15) is 0 Å². The van der Waals surface area contributed by atoms with Crippen LogP contribution in [0, 0.1) is 5.82 Å². The van der Waals surface area contributed by atoms with Gasteiger partial charge in [0, 0.05) is 30.2 Å². The molecule has 2 aromatic rings. The lowest BCUT2D eigenvalue weighted by molar-refractivity contribution is 0.241. The Labute approximate surface area is 111 Å². The molecule has 0 aliphatic rings. The summed E-state index contributed by atoms with van der Waals surface area (Å²) in [7, 11) is 0. The van der Waals surface area contributed by atoms with Gasteiger partial charge in [-0.25, -0.2) is 9.18 Å². The predicted molar refractivity (Wildman–Crippen MR) is 73.7 cm³/mol. The molecule has 3 N–H and O–H groups in total. The summed E-state index contributed by atoms with van der Waals surface area (Å²) in [5.41, 5.74) is 1.91. The average Bonchev–Trinajstić information content (AvgIpc) is 2.79. The standard InChI is InChI=1S/C14H18FN3O/c1-2-6-16-14(19)17-7-5-10-9-18-13-4-3-11(15)8-12(10)13/h3-4,8-9,18H,2,5-7H2,1H3,(H2,16,17,19). The van der Waals surface area contributed by atoms with Gasteiger partial charge in [-0.15, -0.1) is 0 Å². The third kappa shape index (κ3) is 3.47. The fraction of sp³-hybridized carbons (Fsp3) is 0.357. The van der Waals surface area contributed by atoms with Crippen molar-refractivity contribution in [1.29, 1.82) is 0 Å². The second kappa shape index (κ2) is 6.22. The van der Waals surface area contributed by atoms with Gasteiger partial charge in [-0.1, -0.05) is 6.92 Å². The van der Waals surface area contributed by atoms with E-state index >= 15 is 0 Å².